The Bertz CT molecular complexity index is 523. The number of anilines is 1. The highest BCUT2D eigenvalue weighted by molar-refractivity contribution is 9.10. The predicted molar refractivity (Wildman–Crippen MR) is 80.8 cm³/mol. The molecule has 1 atom stereocenters. The van der Waals surface area contributed by atoms with Crippen molar-refractivity contribution in [1.82, 2.24) is 4.98 Å². The molecule has 2 N–H and O–H groups in total. The molecular formula is C14H19BrN2O3. The summed E-state index contributed by atoms with van der Waals surface area (Å²) >= 11 is 3.26. The number of hydrogen-bond acceptors (Lipinski definition) is 3. The standard InChI is InChI=1S/C14H19BrN2O3/c1-2-12(20-10-5-3-4-6-10)14(19)17-11-7-9(15)8-16-13(11)18/h7-8,10,12H,2-6H2,1H3,(H,16,18)(H,17,19)/t12-/m0/s1. The Kier molecular flexibility index (Phi) is 5.37. The van der Waals surface area contributed by atoms with Gasteiger partial charge in [0.05, 0.1) is 6.10 Å². The number of carbonyl (C=O) groups is 1. The van der Waals surface area contributed by atoms with Gasteiger partial charge in [-0.15, -0.1) is 0 Å². The number of amides is 1. The molecule has 0 bridgehead atoms. The molecule has 0 saturated heterocycles. The fourth-order valence-electron chi connectivity index (χ4n) is 2.36. The van der Waals surface area contributed by atoms with Crippen molar-refractivity contribution in [2.45, 2.75) is 51.2 Å². The lowest BCUT2D eigenvalue weighted by atomic mass is 10.2. The molecular weight excluding hydrogens is 324 g/mol. The summed E-state index contributed by atoms with van der Waals surface area (Å²) in [6, 6.07) is 1.58. The first-order valence-electron chi connectivity index (χ1n) is 6.94. The van der Waals surface area contributed by atoms with E-state index >= 15 is 0 Å². The Hall–Kier alpha value is -1.14. The summed E-state index contributed by atoms with van der Waals surface area (Å²) in [4.78, 5) is 26.4. The third-order valence-corrected chi connectivity index (χ3v) is 3.91. The first-order chi connectivity index (χ1) is 9.60. The van der Waals surface area contributed by atoms with Crippen molar-refractivity contribution >= 4 is 27.5 Å². The maximum absolute atomic E-state index is 12.2. The fraction of sp³-hybridized carbons (Fsp3) is 0.571. The van der Waals surface area contributed by atoms with Crippen LogP contribution in [0.5, 0.6) is 0 Å². The molecule has 0 aromatic carbocycles. The van der Waals surface area contributed by atoms with Gasteiger partial charge in [0.25, 0.3) is 11.5 Å². The van der Waals surface area contributed by atoms with E-state index in [1.54, 1.807) is 6.07 Å². The van der Waals surface area contributed by atoms with E-state index in [2.05, 4.69) is 26.2 Å². The maximum atomic E-state index is 12.2. The first-order valence-corrected chi connectivity index (χ1v) is 7.74. The van der Waals surface area contributed by atoms with E-state index in [0.29, 0.717) is 10.9 Å². The normalized spacial score (nSPS) is 17.1. The second-order valence-corrected chi connectivity index (χ2v) is 5.91. The SMILES string of the molecule is CC[C@H](OC1CCCC1)C(=O)Nc1cc(Br)c[nH]c1=O. The predicted octanol–water partition coefficient (Wildman–Crippen LogP) is 2.81. The molecule has 1 saturated carbocycles. The number of halogens is 1. The third kappa shape index (κ3) is 3.93. The van der Waals surface area contributed by atoms with Gasteiger partial charge in [-0.05, 0) is 41.3 Å². The van der Waals surface area contributed by atoms with Crippen LogP contribution in [-0.2, 0) is 9.53 Å². The van der Waals surface area contributed by atoms with Gasteiger partial charge < -0.3 is 15.0 Å². The molecule has 5 nitrogen and oxygen atoms in total. The summed E-state index contributed by atoms with van der Waals surface area (Å²) < 4.78 is 6.53. The van der Waals surface area contributed by atoms with Crippen LogP contribution in [0, 0.1) is 0 Å². The van der Waals surface area contributed by atoms with E-state index in [1.165, 1.54) is 6.20 Å². The van der Waals surface area contributed by atoms with Crippen LogP contribution in [0.4, 0.5) is 5.69 Å². The number of pyridine rings is 1. The van der Waals surface area contributed by atoms with Crippen LogP contribution < -0.4 is 10.9 Å². The molecule has 1 aromatic heterocycles. The smallest absolute Gasteiger partial charge is 0.271 e. The van der Waals surface area contributed by atoms with Gasteiger partial charge in [0.2, 0.25) is 0 Å². The molecule has 2 rings (SSSR count). The van der Waals surface area contributed by atoms with Crippen LogP contribution in [-0.4, -0.2) is 23.1 Å². The molecule has 110 valence electrons. The Morgan fingerprint density at radius 1 is 1.55 bits per heavy atom. The van der Waals surface area contributed by atoms with E-state index < -0.39 is 6.10 Å². The summed E-state index contributed by atoms with van der Waals surface area (Å²) in [6.45, 7) is 1.91. The molecule has 20 heavy (non-hydrogen) atoms. The minimum Gasteiger partial charge on any atom is -0.365 e. The van der Waals surface area contributed by atoms with Gasteiger partial charge in [0, 0.05) is 10.7 Å². The number of aromatic nitrogens is 1. The lowest BCUT2D eigenvalue weighted by molar-refractivity contribution is -0.131. The minimum absolute atomic E-state index is 0.173. The van der Waals surface area contributed by atoms with Gasteiger partial charge in [0.15, 0.2) is 0 Å². The largest absolute Gasteiger partial charge is 0.365 e. The zero-order chi connectivity index (χ0) is 14.5. The highest BCUT2D eigenvalue weighted by Crippen LogP contribution is 2.23. The van der Waals surface area contributed by atoms with Gasteiger partial charge in [0.1, 0.15) is 11.8 Å². The zero-order valence-electron chi connectivity index (χ0n) is 11.4. The van der Waals surface area contributed by atoms with E-state index in [9.17, 15) is 9.59 Å². The van der Waals surface area contributed by atoms with Crippen molar-refractivity contribution < 1.29 is 9.53 Å². The number of carbonyl (C=O) groups excluding carboxylic acids is 1. The van der Waals surface area contributed by atoms with Crippen LogP contribution in [0.1, 0.15) is 39.0 Å². The lowest BCUT2D eigenvalue weighted by Crippen LogP contribution is -2.34. The molecule has 0 aliphatic heterocycles. The molecule has 1 aromatic rings. The van der Waals surface area contributed by atoms with Gasteiger partial charge in [-0.2, -0.15) is 0 Å². The molecule has 0 spiro atoms. The highest BCUT2D eigenvalue weighted by atomic mass is 79.9. The Balaban J connectivity index is 2.01. The number of rotatable bonds is 5. The second kappa shape index (κ2) is 7.04. The Morgan fingerprint density at radius 3 is 2.90 bits per heavy atom. The van der Waals surface area contributed by atoms with Crippen molar-refractivity contribution in [3.63, 3.8) is 0 Å². The van der Waals surface area contributed by atoms with Crippen LogP contribution in [0.3, 0.4) is 0 Å². The Labute approximate surface area is 126 Å². The van der Waals surface area contributed by atoms with E-state index in [0.717, 1.165) is 25.7 Å². The molecule has 0 radical (unpaired) electrons. The number of H-pyrrole nitrogens is 1. The van der Waals surface area contributed by atoms with E-state index in [-0.39, 0.29) is 23.3 Å². The zero-order valence-corrected chi connectivity index (χ0v) is 13.0. The van der Waals surface area contributed by atoms with E-state index in [4.69, 9.17) is 4.74 Å². The molecule has 1 aliphatic carbocycles. The molecule has 1 aliphatic rings. The quantitative estimate of drug-likeness (QED) is 0.864. The second-order valence-electron chi connectivity index (χ2n) is 4.99. The average Bonchev–Trinajstić information content (AvgIpc) is 2.93. The van der Waals surface area contributed by atoms with Crippen LogP contribution in [0.25, 0.3) is 0 Å². The third-order valence-electron chi connectivity index (χ3n) is 3.45. The van der Waals surface area contributed by atoms with E-state index in [1.807, 2.05) is 6.92 Å². The van der Waals surface area contributed by atoms with Gasteiger partial charge in [-0.1, -0.05) is 19.8 Å². The summed E-state index contributed by atoms with van der Waals surface area (Å²) in [7, 11) is 0. The topological polar surface area (TPSA) is 71.2 Å². The van der Waals surface area contributed by atoms with Crippen LogP contribution in [0.15, 0.2) is 21.5 Å². The first kappa shape index (κ1) is 15.3. The monoisotopic (exact) mass is 342 g/mol. The Morgan fingerprint density at radius 2 is 2.25 bits per heavy atom. The van der Waals surface area contributed by atoms with Gasteiger partial charge in [-0.3, -0.25) is 9.59 Å². The lowest BCUT2D eigenvalue weighted by Gasteiger charge is -2.20. The van der Waals surface area contributed by atoms with Gasteiger partial charge >= 0.3 is 0 Å². The molecule has 0 unspecified atom stereocenters. The van der Waals surface area contributed by atoms with Crippen molar-refractivity contribution in [3.05, 3.63) is 27.1 Å². The summed E-state index contributed by atoms with van der Waals surface area (Å²) in [6.07, 6.45) is 6.14. The highest BCUT2D eigenvalue weighted by Gasteiger charge is 2.24. The average molecular weight is 343 g/mol. The summed E-state index contributed by atoms with van der Waals surface area (Å²) in [5.41, 5.74) is -0.0879. The number of hydrogen-bond donors (Lipinski definition) is 2. The van der Waals surface area contributed by atoms with Crippen molar-refractivity contribution in [1.29, 1.82) is 0 Å². The van der Waals surface area contributed by atoms with Crippen molar-refractivity contribution in [3.8, 4) is 0 Å². The van der Waals surface area contributed by atoms with Crippen molar-refractivity contribution in [2.75, 3.05) is 5.32 Å². The molecule has 6 heteroatoms. The van der Waals surface area contributed by atoms with Crippen molar-refractivity contribution in [2.24, 2.45) is 0 Å². The van der Waals surface area contributed by atoms with Crippen LogP contribution >= 0.6 is 15.9 Å². The molecule has 1 amide bonds. The molecule has 1 heterocycles. The minimum atomic E-state index is -0.503. The number of aromatic amines is 1. The molecule has 1 fully saturated rings. The fourth-order valence-corrected chi connectivity index (χ4v) is 2.71. The summed E-state index contributed by atoms with van der Waals surface area (Å²) in [5, 5.41) is 2.64. The van der Waals surface area contributed by atoms with Gasteiger partial charge in [-0.25, -0.2) is 0 Å². The number of nitrogens with one attached hydrogen (secondary N) is 2. The maximum Gasteiger partial charge on any atom is 0.271 e. The summed E-state index contributed by atoms with van der Waals surface area (Å²) in [5.74, 6) is -0.261. The van der Waals surface area contributed by atoms with Crippen LogP contribution in [0.2, 0.25) is 0 Å². The number of ether oxygens (including phenoxy) is 1.